The van der Waals surface area contributed by atoms with Crippen LogP contribution in [0.5, 0.6) is 5.75 Å². The molecule has 8 heteroatoms. The smallest absolute Gasteiger partial charge is 0.319 e. The van der Waals surface area contributed by atoms with Gasteiger partial charge in [0.15, 0.2) is 0 Å². The average Bonchev–Trinajstić information content (AvgIpc) is 3.23. The SMILES string of the molecule is O=C(CCOc1ccc(F)cc1)Nc1ccc(NC(=O)NCc2ccco2)cc1. The summed E-state index contributed by atoms with van der Waals surface area (Å²) in [6.45, 7) is 0.458. The molecule has 3 aromatic rings. The third kappa shape index (κ3) is 6.69. The van der Waals surface area contributed by atoms with Crippen molar-refractivity contribution in [3.05, 3.63) is 78.5 Å². The van der Waals surface area contributed by atoms with Crippen molar-refractivity contribution in [1.82, 2.24) is 5.32 Å². The number of anilines is 2. The summed E-state index contributed by atoms with van der Waals surface area (Å²) in [6.07, 6.45) is 1.68. The number of hydrogen-bond acceptors (Lipinski definition) is 4. The highest BCUT2D eigenvalue weighted by atomic mass is 19.1. The van der Waals surface area contributed by atoms with Crippen LogP contribution >= 0.6 is 0 Å². The summed E-state index contributed by atoms with van der Waals surface area (Å²) in [5.74, 6) is 0.591. The van der Waals surface area contributed by atoms with Crippen molar-refractivity contribution < 1.29 is 23.1 Å². The first kappa shape index (κ1) is 19.9. The van der Waals surface area contributed by atoms with Crippen LogP contribution < -0.4 is 20.7 Å². The van der Waals surface area contributed by atoms with Gasteiger partial charge in [0.25, 0.3) is 0 Å². The topological polar surface area (TPSA) is 92.6 Å². The fourth-order valence-corrected chi connectivity index (χ4v) is 2.41. The molecular weight excluding hydrogens is 377 g/mol. The van der Waals surface area contributed by atoms with E-state index < -0.39 is 0 Å². The normalized spacial score (nSPS) is 10.2. The Bertz CT molecular complexity index is 926. The number of rotatable bonds is 8. The predicted octanol–water partition coefficient (Wildman–Crippen LogP) is 4.15. The lowest BCUT2D eigenvalue weighted by molar-refractivity contribution is -0.116. The lowest BCUT2D eigenvalue weighted by atomic mass is 10.2. The Morgan fingerprint density at radius 3 is 2.28 bits per heavy atom. The molecule has 1 aromatic heterocycles. The van der Waals surface area contributed by atoms with E-state index in [-0.39, 0.29) is 37.3 Å². The Hall–Kier alpha value is -3.81. The van der Waals surface area contributed by atoms with Crippen LogP contribution in [-0.4, -0.2) is 18.5 Å². The molecule has 3 N–H and O–H groups in total. The number of carbonyl (C=O) groups is 2. The van der Waals surface area contributed by atoms with Gasteiger partial charge in [0.1, 0.15) is 17.3 Å². The Morgan fingerprint density at radius 2 is 1.62 bits per heavy atom. The van der Waals surface area contributed by atoms with Gasteiger partial charge >= 0.3 is 6.03 Å². The van der Waals surface area contributed by atoms with Gasteiger partial charge in [-0.2, -0.15) is 0 Å². The van der Waals surface area contributed by atoms with Crippen molar-refractivity contribution in [2.24, 2.45) is 0 Å². The molecule has 0 atom stereocenters. The van der Waals surface area contributed by atoms with Gasteiger partial charge in [-0.05, 0) is 60.7 Å². The quantitative estimate of drug-likeness (QED) is 0.532. The summed E-state index contributed by atoms with van der Waals surface area (Å²) in [7, 11) is 0. The molecular formula is C21H20FN3O4. The van der Waals surface area contributed by atoms with Gasteiger partial charge in [0.05, 0.1) is 25.8 Å². The Labute approximate surface area is 166 Å². The van der Waals surface area contributed by atoms with Gasteiger partial charge in [-0.1, -0.05) is 0 Å². The number of furan rings is 1. The number of benzene rings is 2. The van der Waals surface area contributed by atoms with E-state index in [4.69, 9.17) is 9.15 Å². The lowest BCUT2D eigenvalue weighted by Gasteiger charge is -2.09. The predicted molar refractivity (Wildman–Crippen MR) is 106 cm³/mol. The molecule has 0 fully saturated rings. The maximum atomic E-state index is 12.8. The third-order valence-corrected chi connectivity index (χ3v) is 3.84. The van der Waals surface area contributed by atoms with Crippen LogP contribution in [0.2, 0.25) is 0 Å². The average molecular weight is 397 g/mol. The molecule has 3 amide bonds. The second-order valence-electron chi connectivity index (χ2n) is 6.06. The molecule has 0 aliphatic carbocycles. The summed E-state index contributed by atoms with van der Waals surface area (Å²) >= 11 is 0. The molecule has 29 heavy (non-hydrogen) atoms. The van der Waals surface area contributed by atoms with Crippen molar-refractivity contribution in [1.29, 1.82) is 0 Å². The zero-order chi connectivity index (χ0) is 20.5. The zero-order valence-corrected chi connectivity index (χ0v) is 15.5. The summed E-state index contributed by atoms with van der Waals surface area (Å²) in [5, 5.41) is 8.10. The lowest BCUT2D eigenvalue weighted by Crippen LogP contribution is -2.27. The Kier molecular flexibility index (Phi) is 6.83. The highest BCUT2D eigenvalue weighted by Crippen LogP contribution is 2.14. The van der Waals surface area contributed by atoms with Gasteiger partial charge in [-0.15, -0.1) is 0 Å². The summed E-state index contributed by atoms with van der Waals surface area (Å²) in [6, 6.07) is 15.5. The number of carbonyl (C=O) groups excluding carboxylic acids is 2. The molecule has 3 rings (SSSR count). The van der Waals surface area contributed by atoms with Crippen molar-refractivity contribution in [2.75, 3.05) is 17.2 Å². The van der Waals surface area contributed by atoms with E-state index >= 15 is 0 Å². The third-order valence-electron chi connectivity index (χ3n) is 3.84. The molecule has 7 nitrogen and oxygen atoms in total. The molecule has 0 unspecified atom stereocenters. The zero-order valence-electron chi connectivity index (χ0n) is 15.5. The molecule has 0 spiro atoms. The van der Waals surface area contributed by atoms with Gasteiger partial charge in [0, 0.05) is 11.4 Å². The largest absolute Gasteiger partial charge is 0.493 e. The van der Waals surface area contributed by atoms with Crippen LogP contribution in [0.1, 0.15) is 12.2 Å². The molecule has 0 aliphatic heterocycles. The minimum absolute atomic E-state index is 0.145. The maximum Gasteiger partial charge on any atom is 0.319 e. The number of ether oxygens (including phenoxy) is 1. The summed E-state index contributed by atoms with van der Waals surface area (Å²) < 4.78 is 23.4. The maximum absolute atomic E-state index is 12.8. The first-order chi connectivity index (χ1) is 14.1. The second-order valence-corrected chi connectivity index (χ2v) is 6.06. The molecule has 2 aromatic carbocycles. The molecule has 0 aliphatic rings. The van der Waals surface area contributed by atoms with Crippen LogP contribution in [0.4, 0.5) is 20.6 Å². The molecule has 150 valence electrons. The first-order valence-corrected chi connectivity index (χ1v) is 8.94. The monoisotopic (exact) mass is 397 g/mol. The van der Waals surface area contributed by atoms with Crippen molar-refractivity contribution in [2.45, 2.75) is 13.0 Å². The molecule has 0 radical (unpaired) electrons. The highest BCUT2D eigenvalue weighted by Gasteiger charge is 2.06. The minimum atomic E-state index is -0.365. The fraction of sp³-hybridized carbons (Fsp3) is 0.143. The van der Waals surface area contributed by atoms with Crippen molar-refractivity contribution in [3.63, 3.8) is 0 Å². The Balaban J connectivity index is 1.38. The number of urea groups is 1. The standard InChI is InChI=1S/C21H20FN3O4/c22-15-3-9-18(10-4-15)29-13-11-20(26)24-16-5-7-17(8-6-16)25-21(27)23-14-19-2-1-12-28-19/h1-10,12H,11,13-14H2,(H,24,26)(H2,23,25,27). The first-order valence-electron chi connectivity index (χ1n) is 8.94. The van der Waals surface area contributed by atoms with Gasteiger partial charge in [-0.3, -0.25) is 4.79 Å². The number of hydrogen-bond donors (Lipinski definition) is 3. The van der Waals surface area contributed by atoms with Crippen LogP contribution in [0, 0.1) is 5.82 Å². The fourth-order valence-electron chi connectivity index (χ4n) is 2.41. The van der Waals surface area contributed by atoms with Gasteiger partial charge < -0.3 is 25.1 Å². The number of amides is 3. The molecule has 1 heterocycles. The van der Waals surface area contributed by atoms with E-state index in [1.807, 2.05) is 0 Å². The number of nitrogens with one attached hydrogen (secondary N) is 3. The minimum Gasteiger partial charge on any atom is -0.493 e. The van der Waals surface area contributed by atoms with Crippen LogP contribution in [0.25, 0.3) is 0 Å². The van der Waals surface area contributed by atoms with E-state index in [0.717, 1.165) is 0 Å². The van der Waals surface area contributed by atoms with E-state index in [9.17, 15) is 14.0 Å². The van der Waals surface area contributed by atoms with Crippen LogP contribution in [-0.2, 0) is 11.3 Å². The molecule has 0 bridgehead atoms. The van der Waals surface area contributed by atoms with Crippen LogP contribution in [0.3, 0.4) is 0 Å². The summed E-state index contributed by atoms with van der Waals surface area (Å²) in [5.41, 5.74) is 1.18. The number of halogens is 1. The molecule has 0 saturated carbocycles. The van der Waals surface area contributed by atoms with Gasteiger partial charge in [0.2, 0.25) is 5.91 Å². The highest BCUT2D eigenvalue weighted by molar-refractivity contribution is 5.92. The van der Waals surface area contributed by atoms with Gasteiger partial charge in [-0.25, -0.2) is 9.18 Å². The molecule has 0 saturated heterocycles. The van der Waals surface area contributed by atoms with Crippen molar-refractivity contribution >= 4 is 23.3 Å². The van der Waals surface area contributed by atoms with E-state index in [1.165, 1.54) is 30.5 Å². The van der Waals surface area contributed by atoms with E-state index in [2.05, 4.69) is 16.0 Å². The summed E-state index contributed by atoms with van der Waals surface area (Å²) in [4.78, 5) is 23.8. The second kappa shape index (κ2) is 9.93. The van der Waals surface area contributed by atoms with Crippen LogP contribution in [0.15, 0.2) is 71.3 Å². The van der Waals surface area contributed by atoms with E-state index in [1.54, 1.807) is 36.4 Å². The van der Waals surface area contributed by atoms with Crippen molar-refractivity contribution in [3.8, 4) is 5.75 Å². The Morgan fingerprint density at radius 1 is 0.931 bits per heavy atom. The van der Waals surface area contributed by atoms with E-state index in [0.29, 0.717) is 22.9 Å².